The van der Waals surface area contributed by atoms with Crippen LogP contribution in [0.15, 0.2) is 42.7 Å². The van der Waals surface area contributed by atoms with Crippen molar-refractivity contribution in [3.63, 3.8) is 0 Å². The van der Waals surface area contributed by atoms with E-state index in [1.165, 1.54) is 36.7 Å². The molecule has 2 aromatic rings. The van der Waals surface area contributed by atoms with E-state index in [0.717, 1.165) is 0 Å². The average Bonchev–Trinajstić information content (AvgIpc) is 2.47. The normalized spacial score (nSPS) is 11.1. The zero-order chi connectivity index (χ0) is 16.3. The number of halogens is 1. The third kappa shape index (κ3) is 3.55. The van der Waals surface area contributed by atoms with E-state index in [-0.39, 0.29) is 17.3 Å². The second-order valence-electron chi connectivity index (χ2n) is 5.96. The maximum atomic E-state index is 13.0. The standard InChI is InChI=1S/C17H17FN2O2/c1-17(2,3)16(22)20-14-8-9-19-10-13(14)15(21)11-4-6-12(18)7-5-11/h4-10H,1-3H3,(H,19,20,22). The molecule has 0 saturated heterocycles. The second kappa shape index (κ2) is 6.05. The number of nitrogens with zero attached hydrogens (tertiary/aromatic N) is 1. The quantitative estimate of drug-likeness (QED) is 0.883. The third-order valence-electron chi connectivity index (χ3n) is 3.10. The van der Waals surface area contributed by atoms with Crippen LogP contribution in [-0.4, -0.2) is 16.7 Å². The topological polar surface area (TPSA) is 59.1 Å². The minimum atomic E-state index is -0.584. The number of hydrogen-bond donors (Lipinski definition) is 1. The summed E-state index contributed by atoms with van der Waals surface area (Å²) in [5.74, 6) is -0.937. The summed E-state index contributed by atoms with van der Waals surface area (Å²) in [6.45, 7) is 5.35. The Hall–Kier alpha value is -2.56. The van der Waals surface area contributed by atoms with E-state index in [4.69, 9.17) is 0 Å². The van der Waals surface area contributed by atoms with Crippen LogP contribution in [0.5, 0.6) is 0 Å². The number of nitrogens with one attached hydrogen (secondary N) is 1. The van der Waals surface area contributed by atoms with Gasteiger partial charge in [-0.15, -0.1) is 0 Å². The predicted octanol–water partition coefficient (Wildman–Crippen LogP) is 3.44. The Morgan fingerprint density at radius 2 is 1.73 bits per heavy atom. The van der Waals surface area contributed by atoms with Crippen LogP contribution in [0.4, 0.5) is 10.1 Å². The van der Waals surface area contributed by atoms with E-state index >= 15 is 0 Å². The molecule has 4 nitrogen and oxygen atoms in total. The molecule has 0 aliphatic carbocycles. The average molecular weight is 300 g/mol. The number of carbonyl (C=O) groups excluding carboxylic acids is 2. The monoisotopic (exact) mass is 300 g/mol. The summed E-state index contributed by atoms with van der Waals surface area (Å²) in [5.41, 5.74) is 0.413. The molecule has 0 bridgehead atoms. The molecule has 0 atom stereocenters. The fourth-order valence-electron chi connectivity index (χ4n) is 1.75. The molecular formula is C17H17FN2O2. The number of carbonyl (C=O) groups is 2. The van der Waals surface area contributed by atoms with Gasteiger partial charge in [-0.25, -0.2) is 4.39 Å². The maximum Gasteiger partial charge on any atom is 0.229 e. The fourth-order valence-corrected chi connectivity index (χ4v) is 1.75. The van der Waals surface area contributed by atoms with Crippen LogP contribution in [0, 0.1) is 11.2 Å². The van der Waals surface area contributed by atoms with Crippen molar-refractivity contribution in [3.05, 3.63) is 59.7 Å². The summed E-state index contributed by atoms with van der Waals surface area (Å²) < 4.78 is 13.0. The Labute approximate surface area is 128 Å². The maximum absolute atomic E-state index is 13.0. The van der Waals surface area contributed by atoms with Crippen LogP contribution in [0.1, 0.15) is 36.7 Å². The summed E-state index contributed by atoms with van der Waals surface area (Å²) in [6.07, 6.45) is 2.89. The van der Waals surface area contributed by atoms with Gasteiger partial charge in [-0.1, -0.05) is 20.8 Å². The third-order valence-corrected chi connectivity index (χ3v) is 3.10. The number of hydrogen-bond acceptors (Lipinski definition) is 3. The molecule has 1 N–H and O–H groups in total. The lowest BCUT2D eigenvalue weighted by molar-refractivity contribution is -0.123. The van der Waals surface area contributed by atoms with Gasteiger partial charge < -0.3 is 5.32 Å². The molecule has 1 aromatic heterocycles. The molecule has 0 spiro atoms. The first-order valence-corrected chi connectivity index (χ1v) is 6.85. The molecule has 114 valence electrons. The molecule has 0 radical (unpaired) electrons. The molecule has 0 fully saturated rings. The van der Waals surface area contributed by atoms with Gasteiger partial charge >= 0.3 is 0 Å². The highest BCUT2D eigenvalue weighted by molar-refractivity contribution is 6.13. The molecule has 0 aliphatic rings. The van der Waals surface area contributed by atoms with Crippen molar-refractivity contribution in [2.75, 3.05) is 5.32 Å². The number of rotatable bonds is 3. The van der Waals surface area contributed by atoms with E-state index in [0.29, 0.717) is 11.3 Å². The molecule has 1 aromatic carbocycles. The molecule has 5 heteroatoms. The zero-order valence-electron chi connectivity index (χ0n) is 12.7. The second-order valence-corrected chi connectivity index (χ2v) is 5.96. The van der Waals surface area contributed by atoms with E-state index in [2.05, 4.69) is 10.3 Å². The summed E-state index contributed by atoms with van der Waals surface area (Å²) >= 11 is 0. The highest BCUT2D eigenvalue weighted by atomic mass is 19.1. The van der Waals surface area contributed by atoms with Crippen molar-refractivity contribution >= 4 is 17.4 Å². The van der Waals surface area contributed by atoms with E-state index < -0.39 is 11.2 Å². The summed E-state index contributed by atoms with van der Waals surface area (Å²) in [5, 5.41) is 2.74. The van der Waals surface area contributed by atoms with Gasteiger partial charge in [0.15, 0.2) is 5.78 Å². The van der Waals surface area contributed by atoms with Crippen molar-refractivity contribution in [1.82, 2.24) is 4.98 Å². The van der Waals surface area contributed by atoms with Gasteiger partial charge in [0.25, 0.3) is 0 Å². The Morgan fingerprint density at radius 1 is 1.09 bits per heavy atom. The first-order valence-electron chi connectivity index (χ1n) is 6.85. The van der Waals surface area contributed by atoms with E-state index in [9.17, 15) is 14.0 Å². The van der Waals surface area contributed by atoms with E-state index in [1.54, 1.807) is 26.8 Å². The Bertz CT molecular complexity index is 703. The van der Waals surface area contributed by atoms with Crippen molar-refractivity contribution in [1.29, 1.82) is 0 Å². The number of pyridine rings is 1. The number of amides is 1. The van der Waals surface area contributed by atoms with Gasteiger partial charge in [0.2, 0.25) is 5.91 Å². The largest absolute Gasteiger partial charge is 0.325 e. The van der Waals surface area contributed by atoms with Gasteiger partial charge in [-0.05, 0) is 30.3 Å². The molecule has 1 heterocycles. The van der Waals surface area contributed by atoms with Crippen LogP contribution < -0.4 is 5.32 Å². The summed E-state index contributed by atoms with van der Waals surface area (Å²) in [6, 6.07) is 6.81. The fraction of sp³-hybridized carbons (Fsp3) is 0.235. The number of anilines is 1. The van der Waals surface area contributed by atoms with Crippen LogP contribution in [0.3, 0.4) is 0 Å². The minimum absolute atomic E-state index is 0.202. The van der Waals surface area contributed by atoms with Crippen LogP contribution in [0.2, 0.25) is 0 Å². The Kier molecular flexibility index (Phi) is 4.35. The van der Waals surface area contributed by atoms with Gasteiger partial charge in [-0.3, -0.25) is 14.6 Å². The smallest absolute Gasteiger partial charge is 0.229 e. The first-order chi connectivity index (χ1) is 10.3. The van der Waals surface area contributed by atoms with E-state index in [1.807, 2.05) is 0 Å². The Morgan fingerprint density at radius 3 is 2.32 bits per heavy atom. The first kappa shape index (κ1) is 15.8. The van der Waals surface area contributed by atoms with Crippen molar-refractivity contribution in [2.24, 2.45) is 5.41 Å². The summed E-state index contributed by atoms with van der Waals surface area (Å²) in [4.78, 5) is 28.5. The SMILES string of the molecule is CC(C)(C)C(=O)Nc1ccncc1C(=O)c1ccc(F)cc1. The molecule has 1 amide bonds. The highest BCUT2D eigenvalue weighted by Crippen LogP contribution is 2.22. The van der Waals surface area contributed by atoms with Crippen molar-refractivity contribution in [2.45, 2.75) is 20.8 Å². The van der Waals surface area contributed by atoms with Gasteiger partial charge in [0.1, 0.15) is 5.82 Å². The van der Waals surface area contributed by atoms with Crippen LogP contribution in [0.25, 0.3) is 0 Å². The van der Waals surface area contributed by atoms with Crippen LogP contribution in [-0.2, 0) is 4.79 Å². The van der Waals surface area contributed by atoms with Gasteiger partial charge in [0.05, 0.1) is 11.3 Å². The number of ketones is 1. The Balaban J connectivity index is 2.34. The summed E-state index contributed by atoms with van der Waals surface area (Å²) in [7, 11) is 0. The lowest BCUT2D eigenvalue weighted by atomic mass is 9.95. The number of benzene rings is 1. The lowest BCUT2D eigenvalue weighted by Crippen LogP contribution is -2.28. The number of aromatic nitrogens is 1. The van der Waals surface area contributed by atoms with Crippen molar-refractivity contribution in [3.8, 4) is 0 Å². The predicted molar refractivity (Wildman–Crippen MR) is 82.2 cm³/mol. The highest BCUT2D eigenvalue weighted by Gasteiger charge is 2.23. The van der Waals surface area contributed by atoms with Gasteiger partial charge in [-0.2, -0.15) is 0 Å². The zero-order valence-corrected chi connectivity index (χ0v) is 12.7. The van der Waals surface area contributed by atoms with Crippen molar-refractivity contribution < 1.29 is 14.0 Å². The molecule has 0 aliphatic heterocycles. The molecule has 0 saturated carbocycles. The van der Waals surface area contributed by atoms with Gasteiger partial charge in [0, 0.05) is 23.4 Å². The molecular weight excluding hydrogens is 283 g/mol. The molecule has 0 unspecified atom stereocenters. The molecule has 2 rings (SSSR count). The molecule has 22 heavy (non-hydrogen) atoms. The van der Waals surface area contributed by atoms with Crippen LogP contribution >= 0.6 is 0 Å². The lowest BCUT2D eigenvalue weighted by Gasteiger charge is -2.18. The minimum Gasteiger partial charge on any atom is -0.325 e.